The maximum absolute atomic E-state index is 6.05. The molecule has 0 aromatic carbocycles. The van der Waals surface area contributed by atoms with Crippen LogP contribution in [0.25, 0.3) is 0 Å². The molecule has 14 heavy (non-hydrogen) atoms. The molecule has 0 fully saturated rings. The van der Waals surface area contributed by atoms with Crippen LogP contribution in [0.4, 0.5) is 0 Å². The Labute approximate surface area is 89.5 Å². The highest BCUT2D eigenvalue weighted by Crippen LogP contribution is 2.13. The van der Waals surface area contributed by atoms with Crippen LogP contribution >= 0.6 is 11.6 Å². The third-order valence-electron chi connectivity index (χ3n) is 1.95. The summed E-state index contributed by atoms with van der Waals surface area (Å²) in [7, 11) is 1.60. The van der Waals surface area contributed by atoms with Gasteiger partial charge in [-0.15, -0.1) is 11.6 Å². The van der Waals surface area contributed by atoms with E-state index in [1.54, 1.807) is 7.11 Å². The van der Waals surface area contributed by atoms with Crippen LogP contribution in [-0.4, -0.2) is 22.5 Å². The minimum Gasteiger partial charge on any atom is -0.481 e. The zero-order valence-corrected chi connectivity index (χ0v) is 9.51. The number of nitrogens with zero attached hydrogens (tertiary/aromatic N) is 2. The summed E-state index contributed by atoms with van der Waals surface area (Å²) in [6, 6.07) is 1.83. The van der Waals surface area contributed by atoms with Gasteiger partial charge in [0.2, 0.25) is 5.88 Å². The molecule has 0 saturated heterocycles. The van der Waals surface area contributed by atoms with Crippen LogP contribution in [0.2, 0.25) is 0 Å². The van der Waals surface area contributed by atoms with E-state index in [0.29, 0.717) is 5.88 Å². The molecular formula is C10H15ClN2O. The first-order valence-corrected chi connectivity index (χ1v) is 5.12. The van der Waals surface area contributed by atoms with Crippen LogP contribution in [0.1, 0.15) is 24.9 Å². The van der Waals surface area contributed by atoms with Gasteiger partial charge in [-0.1, -0.05) is 6.92 Å². The summed E-state index contributed by atoms with van der Waals surface area (Å²) >= 11 is 6.05. The van der Waals surface area contributed by atoms with Gasteiger partial charge in [0.25, 0.3) is 0 Å². The largest absolute Gasteiger partial charge is 0.481 e. The topological polar surface area (TPSA) is 35.0 Å². The van der Waals surface area contributed by atoms with E-state index in [1.807, 2.05) is 13.0 Å². The molecule has 78 valence electrons. The fourth-order valence-electron chi connectivity index (χ4n) is 1.18. The van der Waals surface area contributed by atoms with Crippen molar-refractivity contribution >= 4 is 11.6 Å². The van der Waals surface area contributed by atoms with Crippen LogP contribution in [-0.2, 0) is 6.42 Å². The molecule has 1 rings (SSSR count). The predicted octanol–water partition coefficient (Wildman–Crippen LogP) is 2.35. The predicted molar refractivity (Wildman–Crippen MR) is 57.0 cm³/mol. The maximum atomic E-state index is 6.05. The van der Waals surface area contributed by atoms with E-state index in [9.17, 15) is 0 Å². The van der Waals surface area contributed by atoms with Crippen molar-refractivity contribution < 1.29 is 4.74 Å². The van der Waals surface area contributed by atoms with Crippen LogP contribution in [0.5, 0.6) is 5.88 Å². The van der Waals surface area contributed by atoms with Crippen molar-refractivity contribution in [3.8, 4) is 5.88 Å². The van der Waals surface area contributed by atoms with Gasteiger partial charge in [-0.3, -0.25) is 0 Å². The summed E-state index contributed by atoms with van der Waals surface area (Å²) in [6.07, 6.45) is 1.70. The molecule has 0 spiro atoms. The monoisotopic (exact) mass is 214 g/mol. The van der Waals surface area contributed by atoms with E-state index >= 15 is 0 Å². The van der Waals surface area contributed by atoms with Gasteiger partial charge in [0, 0.05) is 23.6 Å². The third kappa shape index (κ3) is 3.14. The lowest BCUT2D eigenvalue weighted by Crippen LogP contribution is -2.05. The number of rotatable bonds is 4. The average molecular weight is 215 g/mol. The van der Waals surface area contributed by atoms with Crippen molar-refractivity contribution in [2.24, 2.45) is 0 Å². The van der Waals surface area contributed by atoms with Crippen molar-refractivity contribution in [3.63, 3.8) is 0 Å². The Bertz CT molecular complexity index is 304. The fraction of sp³-hybridized carbons (Fsp3) is 0.600. The van der Waals surface area contributed by atoms with Gasteiger partial charge in [0.1, 0.15) is 5.82 Å². The number of aryl methyl sites for hydroxylation is 1. The van der Waals surface area contributed by atoms with E-state index in [0.717, 1.165) is 24.4 Å². The van der Waals surface area contributed by atoms with Crippen molar-refractivity contribution in [3.05, 3.63) is 17.6 Å². The molecule has 0 aliphatic carbocycles. The number of alkyl halides is 1. The number of halogens is 1. The molecule has 1 aromatic rings. The molecule has 0 bridgehead atoms. The summed E-state index contributed by atoms with van der Waals surface area (Å²) in [5.74, 6) is 1.33. The first-order valence-electron chi connectivity index (χ1n) is 4.68. The van der Waals surface area contributed by atoms with Gasteiger partial charge in [-0.2, -0.15) is 4.98 Å². The summed E-state index contributed by atoms with van der Waals surface area (Å²) in [4.78, 5) is 8.40. The minimum atomic E-state index is 0.133. The molecule has 1 unspecified atom stereocenters. The van der Waals surface area contributed by atoms with Crippen molar-refractivity contribution in [2.45, 2.75) is 32.1 Å². The molecule has 4 heteroatoms. The Morgan fingerprint density at radius 3 is 2.79 bits per heavy atom. The van der Waals surface area contributed by atoms with E-state index in [1.165, 1.54) is 0 Å². The SMILES string of the molecule is CCC(Cl)Cc1cc(OC)nc(C)n1. The van der Waals surface area contributed by atoms with Gasteiger partial charge in [0.15, 0.2) is 0 Å². The Kier molecular flexibility index (Phi) is 4.14. The van der Waals surface area contributed by atoms with Gasteiger partial charge in [-0.25, -0.2) is 4.98 Å². The lowest BCUT2D eigenvalue weighted by atomic mass is 10.2. The normalized spacial score (nSPS) is 12.6. The zero-order valence-electron chi connectivity index (χ0n) is 8.75. The Balaban J connectivity index is 2.81. The second kappa shape index (κ2) is 5.15. The lowest BCUT2D eigenvalue weighted by molar-refractivity contribution is 0.394. The van der Waals surface area contributed by atoms with Crippen molar-refractivity contribution in [2.75, 3.05) is 7.11 Å². The molecular weight excluding hydrogens is 200 g/mol. The average Bonchev–Trinajstić information content (AvgIpc) is 2.16. The Morgan fingerprint density at radius 2 is 2.21 bits per heavy atom. The van der Waals surface area contributed by atoms with E-state index in [4.69, 9.17) is 16.3 Å². The Morgan fingerprint density at radius 1 is 1.50 bits per heavy atom. The molecule has 0 N–H and O–H groups in total. The first-order chi connectivity index (χ1) is 6.65. The molecule has 1 aromatic heterocycles. The van der Waals surface area contributed by atoms with Crippen LogP contribution in [0.15, 0.2) is 6.07 Å². The molecule has 0 aliphatic rings. The van der Waals surface area contributed by atoms with Crippen LogP contribution in [0, 0.1) is 6.92 Å². The fourth-order valence-corrected chi connectivity index (χ4v) is 1.34. The van der Waals surface area contributed by atoms with E-state index < -0.39 is 0 Å². The molecule has 1 heterocycles. The summed E-state index contributed by atoms with van der Waals surface area (Å²) in [5.41, 5.74) is 0.941. The summed E-state index contributed by atoms with van der Waals surface area (Å²) in [5, 5.41) is 0.133. The highest BCUT2D eigenvalue weighted by Gasteiger charge is 2.07. The highest BCUT2D eigenvalue weighted by molar-refractivity contribution is 6.20. The smallest absolute Gasteiger partial charge is 0.216 e. The molecule has 0 saturated carbocycles. The second-order valence-electron chi connectivity index (χ2n) is 3.16. The van der Waals surface area contributed by atoms with Gasteiger partial charge < -0.3 is 4.74 Å². The van der Waals surface area contributed by atoms with Crippen LogP contribution in [0.3, 0.4) is 0 Å². The van der Waals surface area contributed by atoms with E-state index in [2.05, 4.69) is 16.9 Å². The molecule has 0 aliphatic heterocycles. The highest BCUT2D eigenvalue weighted by atomic mass is 35.5. The van der Waals surface area contributed by atoms with Gasteiger partial charge in [0.05, 0.1) is 7.11 Å². The van der Waals surface area contributed by atoms with Gasteiger partial charge >= 0.3 is 0 Å². The third-order valence-corrected chi connectivity index (χ3v) is 2.41. The summed E-state index contributed by atoms with van der Waals surface area (Å²) in [6.45, 7) is 3.91. The van der Waals surface area contributed by atoms with E-state index in [-0.39, 0.29) is 5.38 Å². The number of hydrogen-bond donors (Lipinski definition) is 0. The lowest BCUT2D eigenvalue weighted by Gasteiger charge is -2.07. The quantitative estimate of drug-likeness (QED) is 0.722. The second-order valence-corrected chi connectivity index (χ2v) is 3.78. The number of aromatic nitrogens is 2. The molecule has 0 radical (unpaired) electrons. The van der Waals surface area contributed by atoms with Gasteiger partial charge in [-0.05, 0) is 13.3 Å². The number of hydrogen-bond acceptors (Lipinski definition) is 3. The summed E-state index contributed by atoms with van der Waals surface area (Å²) < 4.78 is 5.06. The van der Waals surface area contributed by atoms with Crippen molar-refractivity contribution in [1.82, 2.24) is 9.97 Å². The maximum Gasteiger partial charge on any atom is 0.216 e. The number of ether oxygens (including phenoxy) is 1. The molecule has 1 atom stereocenters. The van der Waals surface area contributed by atoms with Crippen LogP contribution < -0.4 is 4.74 Å². The number of methoxy groups -OCH3 is 1. The minimum absolute atomic E-state index is 0.133. The van der Waals surface area contributed by atoms with Crippen molar-refractivity contribution in [1.29, 1.82) is 0 Å². The zero-order chi connectivity index (χ0) is 10.6. The Hall–Kier alpha value is -0.830. The molecule has 0 amide bonds. The first kappa shape index (κ1) is 11.2. The molecule has 3 nitrogen and oxygen atoms in total. The standard InChI is InChI=1S/C10H15ClN2O/c1-4-8(11)5-9-6-10(14-3)13-7(2)12-9/h6,8H,4-5H2,1-3H3.